The molecule has 3 rings (SSSR count). The predicted octanol–water partition coefficient (Wildman–Crippen LogP) is 2.66. The van der Waals surface area contributed by atoms with E-state index in [1.807, 2.05) is 21.0 Å². The lowest BCUT2D eigenvalue weighted by Gasteiger charge is -2.32. The quantitative estimate of drug-likeness (QED) is 0.873. The van der Waals surface area contributed by atoms with Crippen LogP contribution in [0.25, 0.3) is 0 Å². The van der Waals surface area contributed by atoms with E-state index in [2.05, 4.69) is 15.2 Å². The van der Waals surface area contributed by atoms with Gasteiger partial charge in [-0.3, -0.25) is 4.90 Å². The second kappa shape index (κ2) is 7.77. The summed E-state index contributed by atoms with van der Waals surface area (Å²) in [6.45, 7) is 8.27. The number of nitrogens with zero attached hydrogens (tertiary/aromatic N) is 2. The number of aromatic nitrogens is 1. The molecule has 0 radical (unpaired) electrons. The van der Waals surface area contributed by atoms with Gasteiger partial charge in [-0.1, -0.05) is 0 Å². The molecule has 0 bridgehead atoms. The Morgan fingerprint density at radius 1 is 1.22 bits per heavy atom. The van der Waals surface area contributed by atoms with Crippen LogP contribution in [0.4, 0.5) is 0 Å². The highest BCUT2D eigenvalue weighted by atomic mass is 16.5. The molecule has 1 saturated carbocycles. The molecule has 0 aromatic carbocycles. The van der Waals surface area contributed by atoms with E-state index in [0.29, 0.717) is 12.1 Å². The zero-order chi connectivity index (χ0) is 16.2. The van der Waals surface area contributed by atoms with Gasteiger partial charge in [0.15, 0.2) is 0 Å². The molecule has 2 heterocycles. The number of piperidine rings is 1. The smallest absolute Gasteiger partial charge is 0.208 e. The third kappa shape index (κ3) is 4.34. The summed E-state index contributed by atoms with van der Waals surface area (Å²) >= 11 is 0. The normalized spacial score (nSPS) is 26.9. The number of aryl methyl sites for hydroxylation is 2. The van der Waals surface area contributed by atoms with Crippen LogP contribution < -0.4 is 5.32 Å². The van der Waals surface area contributed by atoms with Crippen LogP contribution in [0.2, 0.25) is 0 Å². The van der Waals surface area contributed by atoms with Crippen molar-refractivity contribution < 1.29 is 9.15 Å². The number of rotatable bonds is 6. The first-order valence-corrected chi connectivity index (χ1v) is 9.07. The van der Waals surface area contributed by atoms with Crippen molar-refractivity contribution in [3.63, 3.8) is 0 Å². The molecular formula is C18H31N3O2. The Hall–Kier alpha value is -0.910. The Morgan fingerprint density at radius 3 is 2.65 bits per heavy atom. The van der Waals surface area contributed by atoms with Gasteiger partial charge in [-0.25, -0.2) is 4.98 Å². The van der Waals surface area contributed by atoms with Crippen molar-refractivity contribution in [2.45, 2.75) is 64.6 Å². The van der Waals surface area contributed by atoms with Crippen LogP contribution in [0, 0.1) is 19.8 Å². The first-order valence-electron chi connectivity index (χ1n) is 9.07. The number of hydrogen-bond acceptors (Lipinski definition) is 5. The molecule has 1 aromatic rings. The Labute approximate surface area is 139 Å². The molecule has 2 fully saturated rings. The Morgan fingerprint density at radius 2 is 2.00 bits per heavy atom. The second-order valence-corrected chi connectivity index (χ2v) is 7.19. The summed E-state index contributed by atoms with van der Waals surface area (Å²) in [5.41, 5.74) is 1.02. The Bertz CT molecular complexity index is 475. The molecule has 2 unspecified atom stereocenters. The van der Waals surface area contributed by atoms with Gasteiger partial charge < -0.3 is 14.5 Å². The Kier molecular flexibility index (Phi) is 5.72. The van der Waals surface area contributed by atoms with Gasteiger partial charge >= 0.3 is 0 Å². The lowest BCUT2D eigenvalue weighted by molar-refractivity contribution is 0.0812. The van der Waals surface area contributed by atoms with Crippen LogP contribution in [-0.2, 0) is 11.3 Å². The zero-order valence-electron chi connectivity index (χ0n) is 14.8. The second-order valence-electron chi connectivity index (χ2n) is 7.19. The van der Waals surface area contributed by atoms with E-state index in [0.717, 1.165) is 49.4 Å². The summed E-state index contributed by atoms with van der Waals surface area (Å²) in [6.07, 6.45) is 6.71. The largest absolute Gasteiger partial charge is 0.444 e. The molecule has 1 aromatic heterocycles. The summed E-state index contributed by atoms with van der Waals surface area (Å²) in [4.78, 5) is 6.96. The maximum absolute atomic E-state index is 5.70. The summed E-state index contributed by atoms with van der Waals surface area (Å²) in [5.74, 6) is 2.60. The summed E-state index contributed by atoms with van der Waals surface area (Å²) in [6, 6.07) is 0.566. The number of likely N-dealkylation sites (tertiary alicyclic amines) is 1. The SMILES string of the molecule is COC1CCCC1NCC1CCN(Cc2nc(C)c(C)o2)CC1. The van der Waals surface area contributed by atoms with E-state index in [9.17, 15) is 0 Å². The van der Waals surface area contributed by atoms with Crippen molar-refractivity contribution in [2.24, 2.45) is 5.92 Å². The van der Waals surface area contributed by atoms with Crippen molar-refractivity contribution in [2.75, 3.05) is 26.7 Å². The van der Waals surface area contributed by atoms with Crippen molar-refractivity contribution in [3.8, 4) is 0 Å². The number of hydrogen-bond donors (Lipinski definition) is 1. The molecule has 0 spiro atoms. The van der Waals surface area contributed by atoms with E-state index in [-0.39, 0.29) is 0 Å². The minimum Gasteiger partial charge on any atom is -0.444 e. The van der Waals surface area contributed by atoms with Crippen molar-refractivity contribution in [1.82, 2.24) is 15.2 Å². The summed E-state index contributed by atoms with van der Waals surface area (Å²) < 4.78 is 11.3. The fraction of sp³-hybridized carbons (Fsp3) is 0.833. The van der Waals surface area contributed by atoms with E-state index in [1.165, 1.54) is 32.1 Å². The monoisotopic (exact) mass is 321 g/mol. The molecule has 2 aliphatic rings. The fourth-order valence-electron chi connectivity index (χ4n) is 3.91. The number of ether oxygens (including phenoxy) is 1. The summed E-state index contributed by atoms with van der Waals surface area (Å²) in [7, 11) is 1.84. The van der Waals surface area contributed by atoms with Crippen LogP contribution in [0.5, 0.6) is 0 Å². The average Bonchev–Trinajstić information content (AvgIpc) is 3.13. The van der Waals surface area contributed by atoms with Crippen molar-refractivity contribution in [3.05, 3.63) is 17.3 Å². The number of methoxy groups -OCH3 is 1. The van der Waals surface area contributed by atoms with Crippen molar-refractivity contribution >= 4 is 0 Å². The van der Waals surface area contributed by atoms with Crippen LogP contribution in [0.3, 0.4) is 0 Å². The van der Waals surface area contributed by atoms with Crippen LogP contribution in [0.15, 0.2) is 4.42 Å². The van der Waals surface area contributed by atoms with E-state index in [4.69, 9.17) is 9.15 Å². The molecule has 1 saturated heterocycles. The van der Waals surface area contributed by atoms with E-state index >= 15 is 0 Å². The first-order chi connectivity index (χ1) is 11.2. The third-order valence-electron chi connectivity index (χ3n) is 5.56. The number of nitrogens with one attached hydrogen (secondary N) is 1. The molecule has 130 valence electrons. The molecule has 0 amide bonds. The molecule has 1 aliphatic carbocycles. The van der Waals surface area contributed by atoms with E-state index in [1.54, 1.807) is 0 Å². The van der Waals surface area contributed by atoms with Gasteiger partial charge in [0, 0.05) is 13.2 Å². The van der Waals surface area contributed by atoms with Gasteiger partial charge in [-0.15, -0.1) is 0 Å². The minimum absolute atomic E-state index is 0.423. The van der Waals surface area contributed by atoms with Crippen LogP contribution in [0.1, 0.15) is 49.4 Å². The third-order valence-corrected chi connectivity index (χ3v) is 5.56. The molecule has 1 aliphatic heterocycles. The highest BCUT2D eigenvalue weighted by Crippen LogP contribution is 2.23. The maximum Gasteiger partial charge on any atom is 0.208 e. The average molecular weight is 321 g/mol. The standard InChI is InChI=1S/C18H31N3O2/c1-13-14(2)23-18(20-13)12-21-9-7-15(8-10-21)11-19-16-5-4-6-17(16)22-3/h15-17,19H,4-12H2,1-3H3. The van der Waals surface area contributed by atoms with Crippen LogP contribution in [-0.4, -0.2) is 48.8 Å². The van der Waals surface area contributed by atoms with Gasteiger partial charge in [0.2, 0.25) is 5.89 Å². The highest BCUT2D eigenvalue weighted by Gasteiger charge is 2.28. The molecular weight excluding hydrogens is 290 g/mol. The topological polar surface area (TPSA) is 50.5 Å². The molecule has 23 heavy (non-hydrogen) atoms. The predicted molar refractivity (Wildman–Crippen MR) is 90.4 cm³/mol. The highest BCUT2D eigenvalue weighted by molar-refractivity contribution is 5.05. The molecule has 1 N–H and O–H groups in total. The maximum atomic E-state index is 5.70. The molecule has 5 heteroatoms. The fourth-order valence-corrected chi connectivity index (χ4v) is 3.91. The van der Waals surface area contributed by atoms with Gasteiger partial charge in [0.05, 0.1) is 18.3 Å². The lowest BCUT2D eigenvalue weighted by Crippen LogP contribution is -2.42. The summed E-state index contributed by atoms with van der Waals surface area (Å²) in [5, 5.41) is 3.75. The van der Waals surface area contributed by atoms with Gasteiger partial charge in [0.25, 0.3) is 0 Å². The van der Waals surface area contributed by atoms with Crippen molar-refractivity contribution in [1.29, 1.82) is 0 Å². The van der Waals surface area contributed by atoms with Gasteiger partial charge in [0.1, 0.15) is 5.76 Å². The first kappa shape index (κ1) is 16.9. The minimum atomic E-state index is 0.423. The van der Waals surface area contributed by atoms with Gasteiger partial charge in [-0.05, 0) is 71.5 Å². The van der Waals surface area contributed by atoms with Gasteiger partial charge in [-0.2, -0.15) is 0 Å². The Balaban J connectivity index is 1.38. The molecule has 5 nitrogen and oxygen atoms in total. The van der Waals surface area contributed by atoms with Crippen LogP contribution >= 0.6 is 0 Å². The number of oxazole rings is 1. The zero-order valence-corrected chi connectivity index (χ0v) is 14.8. The van der Waals surface area contributed by atoms with E-state index < -0.39 is 0 Å². The lowest BCUT2D eigenvalue weighted by atomic mass is 9.96. The molecule has 2 atom stereocenters.